The summed E-state index contributed by atoms with van der Waals surface area (Å²) in [5.41, 5.74) is 0. The van der Waals surface area contributed by atoms with Gasteiger partial charge >= 0.3 is 39.5 Å². The van der Waals surface area contributed by atoms with Crippen molar-refractivity contribution in [1.29, 1.82) is 0 Å². The first-order valence-corrected chi connectivity index (χ1v) is 46.1. The third kappa shape index (κ3) is 76.3. The van der Waals surface area contributed by atoms with Crippen LogP contribution in [0.2, 0.25) is 0 Å². The maximum Gasteiger partial charge on any atom is 0.472 e. The summed E-state index contributed by atoms with van der Waals surface area (Å²) in [5.74, 6) is -1.30. The molecule has 0 bridgehead atoms. The zero-order valence-corrected chi connectivity index (χ0v) is 68.5. The van der Waals surface area contributed by atoms with Crippen LogP contribution in [0.15, 0.2) is 0 Å². The molecule has 5 atom stereocenters. The summed E-state index contributed by atoms with van der Waals surface area (Å²) >= 11 is 0. The summed E-state index contributed by atoms with van der Waals surface area (Å²) in [5, 5.41) is 10.6. The molecule has 0 aromatic carbocycles. The molecule has 0 aliphatic heterocycles. The summed E-state index contributed by atoms with van der Waals surface area (Å²) < 4.78 is 68.7. The number of unbranched alkanes of at least 4 members (excludes halogenated alkanes) is 55. The van der Waals surface area contributed by atoms with Crippen LogP contribution in [0.5, 0.6) is 0 Å². The first kappa shape index (κ1) is 100. The lowest BCUT2D eigenvalue weighted by Crippen LogP contribution is -2.30. The third-order valence-electron chi connectivity index (χ3n) is 19.5. The molecule has 0 rings (SSSR count). The summed E-state index contributed by atoms with van der Waals surface area (Å²) in [6.07, 6.45) is 68.2. The molecule has 2 unspecified atom stereocenters. The van der Waals surface area contributed by atoms with Gasteiger partial charge in [0, 0.05) is 25.7 Å². The third-order valence-corrected chi connectivity index (χ3v) is 21.4. The summed E-state index contributed by atoms with van der Waals surface area (Å²) in [4.78, 5) is 72.9. The number of ether oxygens (including phenoxy) is 4. The number of hydrogen-bond donors (Lipinski definition) is 3. The lowest BCUT2D eigenvalue weighted by Gasteiger charge is -2.21. The number of rotatable bonds is 83. The molecule has 0 aromatic heterocycles. The number of hydrogen-bond acceptors (Lipinski definition) is 15. The van der Waals surface area contributed by atoms with Crippen LogP contribution in [0.1, 0.15) is 446 Å². The largest absolute Gasteiger partial charge is 0.472 e. The van der Waals surface area contributed by atoms with Crippen LogP contribution < -0.4 is 0 Å². The highest BCUT2D eigenvalue weighted by Gasteiger charge is 2.30. The van der Waals surface area contributed by atoms with Gasteiger partial charge in [0.25, 0.3) is 0 Å². The van der Waals surface area contributed by atoms with E-state index in [-0.39, 0.29) is 25.7 Å². The van der Waals surface area contributed by atoms with Crippen LogP contribution in [-0.2, 0) is 65.4 Å². The predicted octanol–water partition coefficient (Wildman–Crippen LogP) is 25.2. The fourth-order valence-corrected chi connectivity index (χ4v) is 14.5. The Morgan fingerprint density at radius 1 is 0.265 bits per heavy atom. The van der Waals surface area contributed by atoms with E-state index in [4.69, 9.17) is 37.0 Å². The molecule has 0 aliphatic carbocycles. The van der Waals surface area contributed by atoms with Crippen molar-refractivity contribution in [1.82, 2.24) is 0 Å². The quantitative estimate of drug-likeness (QED) is 0.0222. The molecular weight excluding hydrogens is 1330 g/mol. The van der Waals surface area contributed by atoms with Gasteiger partial charge in [-0.15, -0.1) is 0 Å². The first-order valence-electron chi connectivity index (χ1n) is 43.1. The summed E-state index contributed by atoms with van der Waals surface area (Å²) in [6.45, 7) is 7.33. The van der Waals surface area contributed by atoms with Crippen molar-refractivity contribution >= 4 is 39.5 Å². The van der Waals surface area contributed by atoms with Crippen molar-refractivity contribution in [2.24, 2.45) is 5.92 Å². The van der Waals surface area contributed by atoms with Gasteiger partial charge in [-0.2, -0.15) is 0 Å². The average molecular weight is 1490 g/mol. The minimum Gasteiger partial charge on any atom is -0.462 e. The van der Waals surface area contributed by atoms with Crippen molar-refractivity contribution in [2.45, 2.75) is 464 Å². The Kier molecular flexibility index (Phi) is 74.4. The minimum absolute atomic E-state index is 0.108. The lowest BCUT2D eigenvalue weighted by atomic mass is 10.0. The Hall–Kier alpha value is -1.94. The number of aliphatic hydroxyl groups excluding tert-OH is 1. The van der Waals surface area contributed by atoms with Gasteiger partial charge in [0.2, 0.25) is 0 Å². The van der Waals surface area contributed by atoms with E-state index in [1.54, 1.807) is 0 Å². The Balaban J connectivity index is 5.16. The molecule has 0 spiro atoms. The molecule has 0 saturated heterocycles. The highest BCUT2D eigenvalue weighted by Crippen LogP contribution is 2.45. The van der Waals surface area contributed by atoms with Crippen LogP contribution in [0, 0.1) is 5.92 Å². The van der Waals surface area contributed by atoms with E-state index >= 15 is 0 Å². The molecule has 0 aliphatic rings. The highest BCUT2D eigenvalue weighted by molar-refractivity contribution is 7.47. The Morgan fingerprint density at radius 2 is 0.451 bits per heavy atom. The molecule has 0 amide bonds. The van der Waals surface area contributed by atoms with Crippen LogP contribution >= 0.6 is 15.6 Å². The molecule has 0 aromatic rings. The van der Waals surface area contributed by atoms with Gasteiger partial charge in [0.15, 0.2) is 12.2 Å². The normalized spacial score (nSPS) is 13.8. The van der Waals surface area contributed by atoms with Crippen LogP contribution in [0.3, 0.4) is 0 Å². The number of carbonyl (C=O) groups is 4. The van der Waals surface area contributed by atoms with Gasteiger partial charge < -0.3 is 33.8 Å². The van der Waals surface area contributed by atoms with E-state index < -0.39 is 97.5 Å². The Labute approximate surface area is 626 Å². The molecule has 19 heteroatoms. The monoisotopic (exact) mass is 1490 g/mol. The molecule has 0 radical (unpaired) electrons. The zero-order valence-electron chi connectivity index (χ0n) is 66.8. The fourth-order valence-electron chi connectivity index (χ4n) is 12.9. The van der Waals surface area contributed by atoms with Crippen molar-refractivity contribution in [2.75, 3.05) is 39.6 Å². The van der Waals surface area contributed by atoms with Crippen molar-refractivity contribution < 1.29 is 80.2 Å². The summed E-state index contributed by atoms with van der Waals surface area (Å²) in [6, 6.07) is 0. The second-order valence-corrected chi connectivity index (χ2v) is 33.3. The number of phosphoric ester groups is 2. The van der Waals surface area contributed by atoms with E-state index in [2.05, 4.69) is 34.6 Å². The number of carbonyl (C=O) groups excluding carboxylic acids is 4. The predicted molar refractivity (Wildman–Crippen MR) is 418 cm³/mol. The maximum atomic E-state index is 13.1. The van der Waals surface area contributed by atoms with E-state index in [0.717, 1.165) is 109 Å². The molecule has 3 N–H and O–H groups in total. The maximum absolute atomic E-state index is 13.1. The van der Waals surface area contributed by atoms with E-state index in [1.807, 2.05) is 0 Å². The molecule has 606 valence electrons. The van der Waals surface area contributed by atoms with E-state index in [9.17, 15) is 43.2 Å². The molecular formula is C83H162O17P2. The zero-order chi connectivity index (χ0) is 74.8. The second-order valence-electron chi connectivity index (χ2n) is 30.3. The van der Waals surface area contributed by atoms with Crippen LogP contribution in [0.25, 0.3) is 0 Å². The Morgan fingerprint density at radius 3 is 0.667 bits per heavy atom. The number of esters is 4. The SMILES string of the molecule is CCCCCCCCCCCCCCCCCCCCCCCC(=O)O[C@H](COC(=O)CCCCCCCCCCCCCCCCCCC(C)C)COP(=O)(O)OC[C@@H](O)COP(=O)(O)OC[C@@H](COC(=O)CCCCCCCCC)OC(=O)CCCCCCCCCCCCCCCCC. The van der Waals surface area contributed by atoms with Crippen molar-refractivity contribution in [3.05, 3.63) is 0 Å². The van der Waals surface area contributed by atoms with Gasteiger partial charge in [0.05, 0.1) is 26.4 Å². The minimum atomic E-state index is -4.96. The van der Waals surface area contributed by atoms with E-state index in [1.165, 1.54) is 257 Å². The van der Waals surface area contributed by atoms with E-state index in [0.29, 0.717) is 25.7 Å². The first-order chi connectivity index (χ1) is 49.5. The van der Waals surface area contributed by atoms with Crippen molar-refractivity contribution in [3.8, 4) is 0 Å². The summed E-state index contributed by atoms with van der Waals surface area (Å²) in [7, 11) is -9.92. The molecule has 102 heavy (non-hydrogen) atoms. The Bertz CT molecular complexity index is 1940. The van der Waals surface area contributed by atoms with Crippen LogP contribution in [0.4, 0.5) is 0 Å². The van der Waals surface area contributed by atoms with Gasteiger partial charge in [-0.25, -0.2) is 9.13 Å². The van der Waals surface area contributed by atoms with Crippen LogP contribution in [-0.4, -0.2) is 96.7 Å². The van der Waals surface area contributed by atoms with Gasteiger partial charge in [-0.3, -0.25) is 37.3 Å². The smallest absolute Gasteiger partial charge is 0.462 e. The standard InChI is InChI=1S/C83H162O17P2/c1-6-9-12-15-18-20-22-24-26-27-28-29-30-31-37-41-45-49-54-59-64-69-83(88)100-79(73-94-81(86)67-62-57-52-47-43-39-36-33-32-35-38-42-46-51-55-60-65-76(4)5)75-98-102(91,92)96-71-77(84)70-95-101(89,90)97-74-78(72-93-80(85)66-61-56-50-17-14-11-8-3)99-82(87)68-63-58-53-48-44-40-34-25-23-21-19-16-13-10-7-2/h76-79,84H,6-75H2,1-5H3,(H,89,90)(H,91,92)/t77-,78+,79+/m0/s1. The lowest BCUT2D eigenvalue weighted by molar-refractivity contribution is -0.161. The highest BCUT2D eigenvalue weighted by atomic mass is 31.2. The number of phosphoric acid groups is 2. The molecule has 0 saturated carbocycles. The van der Waals surface area contributed by atoms with Gasteiger partial charge in [-0.1, -0.05) is 394 Å². The second kappa shape index (κ2) is 75.9. The fraction of sp³-hybridized carbons (Fsp3) is 0.952. The number of aliphatic hydroxyl groups is 1. The molecule has 17 nitrogen and oxygen atoms in total. The topological polar surface area (TPSA) is 237 Å². The molecule has 0 heterocycles. The molecule has 0 fully saturated rings. The van der Waals surface area contributed by atoms with Gasteiger partial charge in [0.1, 0.15) is 19.3 Å². The van der Waals surface area contributed by atoms with Crippen molar-refractivity contribution in [3.63, 3.8) is 0 Å². The van der Waals surface area contributed by atoms with Gasteiger partial charge in [-0.05, 0) is 31.6 Å². The average Bonchev–Trinajstić information content (AvgIpc) is 0.921.